The van der Waals surface area contributed by atoms with Gasteiger partial charge in [-0.3, -0.25) is 14.9 Å². The van der Waals surface area contributed by atoms with E-state index in [0.717, 1.165) is 6.07 Å². The van der Waals surface area contributed by atoms with Crippen LogP contribution in [0.2, 0.25) is 5.02 Å². The number of nitrogens with one attached hydrogen (secondary N) is 1. The highest BCUT2D eigenvalue weighted by Crippen LogP contribution is 2.24. The van der Waals surface area contributed by atoms with E-state index in [2.05, 4.69) is 5.32 Å². The van der Waals surface area contributed by atoms with E-state index >= 15 is 0 Å². The van der Waals surface area contributed by atoms with E-state index in [1.807, 2.05) is 0 Å². The molecule has 0 saturated carbocycles. The number of amides is 1. The van der Waals surface area contributed by atoms with Crippen LogP contribution in [0.15, 0.2) is 41.0 Å². The quantitative estimate of drug-likeness (QED) is 0.692. The summed E-state index contributed by atoms with van der Waals surface area (Å²) >= 11 is 5.70. The van der Waals surface area contributed by atoms with E-state index in [1.54, 1.807) is 19.1 Å². The Kier molecular flexibility index (Phi) is 4.05. The molecule has 104 valence electrons. The van der Waals surface area contributed by atoms with Crippen LogP contribution in [0.1, 0.15) is 29.1 Å². The molecule has 1 aromatic heterocycles. The number of benzene rings is 1. The van der Waals surface area contributed by atoms with Gasteiger partial charge in [-0.15, -0.1) is 0 Å². The second-order valence-electron chi connectivity index (χ2n) is 4.13. The zero-order valence-corrected chi connectivity index (χ0v) is 11.3. The van der Waals surface area contributed by atoms with Crippen LogP contribution < -0.4 is 5.32 Å². The molecule has 0 aliphatic carbocycles. The topological polar surface area (TPSA) is 85.4 Å². The molecular weight excluding hydrogens is 284 g/mol. The summed E-state index contributed by atoms with van der Waals surface area (Å²) in [5.41, 5.74) is -0.376. The van der Waals surface area contributed by atoms with Crippen molar-refractivity contribution in [2.45, 2.75) is 13.0 Å². The number of hydrogen-bond acceptors (Lipinski definition) is 4. The molecule has 1 heterocycles. The first kappa shape index (κ1) is 14.1. The predicted molar refractivity (Wildman–Crippen MR) is 72.7 cm³/mol. The van der Waals surface area contributed by atoms with E-state index < -0.39 is 16.9 Å². The molecule has 2 aromatic rings. The van der Waals surface area contributed by atoms with Crippen molar-refractivity contribution < 1.29 is 14.1 Å². The Hall–Kier alpha value is -2.34. The number of furan rings is 1. The first-order valence-corrected chi connectivity index (χ1v) is 6.15. The average Bonchev–Trinajstić information content (AvgIpc) is 2.92. The molecule has 1 unspecified atom stereocenters. The lowest BCUT2D eigenvalue weighted by molar-refractivity contribution is -0.385. The number of nitro benzene ring substituents is 1. The fraction of sp³-hybridized carbons (Fsp3) is 0.154. The molecule has 1 amide bonds. The van der Waals surface area contributed by atoms with Gasteiger partial charge in [0.15, 0.2) is 0 Å². The van der Waals surface area contributed by atoms with E-state index in [-0.39, 0.29) is 16.3 Å². The van der Waals surface area contributed by atoms with E-state index in [0.29, 0.717) is 5.76 Å². The van der Waals surface area contributed by atoms with Gasteiger partial charge in [0.1, 0.15) is 11.3 Å². The van der Waals surface area contributed by atoms with Gasteiger partial charge in [-0.25, -0.2) is 0 Å². The Labute approximate surface area is 119 Å². The van der Waals surface area contributed by atoms with Crippen LogP contribution in [0.5, 0.6) is 0 Å². The highest BCUT2D eigenvalue weighted by atomic mass is 35.5. The Bertz CT molecular complexity index is 640. The Morgan fingerprint density at radius 3 is 2.80 bits per heavy atom. The number of nitrogens with zero attached hydrogens (tertiary/aromatic N) is 1. The van der Waals surface area contributed by atoms with Gasteiger partial charge in [0.2, 0.25) is 0 Å². The van der Waals surface area contributed by atoms with Crippen molar-refractivity contribution in [2.24, 2.45) is 0 Å². The lowest BCUT2D eigenvalue weighted by Gasteiger charge is -2.11. The van der Waals surface area contributed by atoms with Gasteiger partial charge < -0.3 is 9.73 Å². The van der Waals surface area contributed by atoms with Gasteiger partial charge in [-0.2, -0.15) is 0 Å². The summed E-state index contributed by atoms with van der Waals surface area (Å²) < 4.78 is 5.16. The molecule has 0 aliphatic rings. The highest BCUT2D eigenvalue weighted by molar-refractivity contribution is 6.31. The number of carbonyl (C=O) groups is 1. The minimum atomic E-state index is -0.641. The summed E-state index contributed by atoms with van der Waals surface area (Å²) in [4.78, 5) is 22.4. The third kappa shape index (κ3) is 2.97. The standard InChI is InChI=1S/C13H11ClN2O4/c1-8(12-3-2-6-20-12)15-13(17)10-5-4-9(14)7-11(10)16(18)19/h2-8H,1H3,(H,15,17). The third-order valence-corrected chi connectivity index (χ3v) is 2.95. The van der Waals surface area contributed by atoms with Crippen molar-refractivity contribution in [1.82, 2.24) is 5.32 Å². The molecule has 1 N–H and O–H groups in total. The molecule has 1 aromatic carbocycles. The van der Waals surface area contributed by atoms with E-state index in [1.165, 1.54) is 18.4 Å². The molecule has 20 heavy (non-hydrogen) atoms. The first-order valence-electron chi connectivity index (χ1n) is 5.77. The first-order chi connectivity index (χ1) is 9.49. The molecular formula is C13H11ClN2O4. The van der Waals surface area contributed by atoms with Gasteiger partial charge in [-0.1, -0.05) is 11.6 Å². The summed E-state index contributed by atoms with van der Waals surface area (Å²) in [5.74, 6) is 0.00670. The minimum absolute atomic E-state index is 0.0437. The van der Waals surface area contributed by atoms with Gasteiger partial charge >= 0.3 is 0 Å². The second-order valence-corrected chi connectivity index (χ2v) is 4.57. The Morgan fingerprint density at radius 2 is 2.20 bits per heavy atom. The maximum Gasteiger partial charge on any atom is 0.283 e. The fourth-order valence-electron chi connectivity index (χ4n) is 1.73. The third-order valence-electron chi connectivity index (χ3n) is 2.72. The maximum atomic E-state index is 12.1. The molecule has 2 rings (SSSR count). The zero-order chi connectivity index (χ0) is 14.7. The predicted octanol–water partition coefficient (Wildman–Crippen LogP) is 3.33. The molecule has 0 spiro atoms. The number of nitro groups is 1. The monoisotopic (exact) mass is 294 g/mol. The molecule has 0 fully saturated rings. The Morgan fingerprint density at radius 1 is 1.45 bits per heavy atom. The van der Waals surface area contributed by atoms with Crippen LogP contribution in [-0.2, 0) is 0 Å². The molecule has 7 heteroatoms. The maximum absolute atomic E-state index is 12.1. The molecule has 0 bridgehead atoms. The van der Waals surface area contributed by atoms with Crippen molar-refractivity contribution in [3.8, 4) is 0 Å². The highest BCUT2D eigenvalue weighted by Gasteiger charge is 2.22. The molecule has 6 nitrogen and oxygen atoms in total. The van der Waals surface area contributed by atoms with Crippen LogP contribution in [-0.4, -0.2) is 10.8 Å². The SMILES string of the molecule is CC(NC(=O)c1ccc(Cl)cc1[N+](=O)[O-])c1ccco1. The normalized spacial score (nSPS) is 11.9. The van der Waals surface area contributed by atoms with E-state index in [4.69, 9.17) is 16.0 Å². The molecule has 0 aliphatic heterocycles. The van der Waals surface area contributed by atoms with Crippen LogP contribution in [0.4, 0.5) is 5.69 Å². The van der Waals surface area contributed by atoms with E-state index in [9.17, 15) is 14.9 Å². The van der Waals surface area contributed by atoms with Crippen LogP contribution >= 0.6 is 11.6 Å². The summed E-state index contributed by atoms with van der Waals surface area (Å²) in [7, 11) is 0. The molecule has 0 radical (unpaired) electrons. The summed E-state index contributed by atoms with van der Waals surface area (Å²) in [6, 6.07) is 6.91. The Balaban J connectivity index is 2.23. The van der Waals surface area contributed by atoms with Gasteiger partial charge in [0, 0.05) is 11.1 Å². The number of rotatable bonds is 4. The van der Waals surface area contributed by atoms with Crippen molar-refractivity contribution in [3.63, 3.8) is 0 Å². The largest absolute Gasteiger partial charge is 0.467 e. The number of halogens is 1. The van der Waals surface area contributed by atoms with Crippen molar-refractivity contribution in [2.75, 3.05) is 0 Å². The van der Waals surface area contributed by atoms with Crippen LogP contribution in [0.25, 0.3) is 0 Å². The fourth-order valence-corrected chi connectivity index (χ4v) is 1.90. The lowest BCUT2D eigenvalue weighted by Crippen LogP contribution is -2.27. The van der Waals surface area contributed by atoms with Gasteiger partial charge in [0.05, 0.1) is 17.2 Å². The minimum Gasteiger partial charge on any atom is -0.467 e. The van der Waals surface area contributed by atoms with Gasteiger partial charge in [-0.05, 0) is 31.2 Å². The van der Waals surface area contributed by atoms with Crippen molar-refractivity contribution in [1.29, 1.82) is 0 Å². The second kappa shape index (κ2) is 5.75. The number of hydrogen-bond donors (Lipinski definition) is 1. The van der Waals surface area contributed by atoms with Crippen molar-refractivity contribution >= 4 is 23.2 Å². The summed E-state index contributed by atoms with van der Waals surface area (Å²) in [6.45, 7) is 1.72. The summed E-state index contributed by atoms with van der Waals surface area (Å²) in [6.07, 6.45) is 1.49. The average molecular weight is 295 g/mol. The summed E-state index contributed by atoms with van der Waals surface area (Å²) in [5, 5.41) is 13.8. The van der Waals surface area contributed by atoms with Gasteiger partial charge in [0.25, 0.3) is 11.6 Å². The molecule has 1 atom stereocenters. The zero-order valence-electron chi connectivity index (χ0n) is 10.5. The van der Waals surface area contributed by atoms with Crippen LogP contribution in [0, 0.1) is 10.1 Å². The lowest BCUT2D eigenvalue weighted by atomic mass is 10.1. The van der Waals surface area contributed by atoms with Crippen molar-refractivity contribution in [3.05, 3.63) is 63.1 Å². The number of carbonyl (C=O) groups excluding carboxylic acids is 1. The van der Waals surface area contributed by atoms with Crippen LogP contribution in [0.3, 0.4) is 0 Å². The molecule has 0 saturated heterocycles. The smallest absolute Gasteiger partial charge is 0.283 e.